The van der Waals surface area contributed by atoms with Crippen molar-refractivity contribution < 1.29 is 13.2 Å². The lowest BCUT2D eigenvalue weighted by Crippen LogP contribution is -2.64. The van der Waals surface area contributed by atoms with Crippen LogP contribution in [0.1, 0.15) is 13.8 Å². The highest BCUT2D eigenvalue weighted by Gasteiger charge is 2.38. The molecule has 6 nitrogen and oxygen atoms in total. The summed E-state index contributed by atoms with van der Waals surface area (Å²) in [5.41, 5.74) is 0. The van der Waals surface area contributed by atoms with Crippen LogP contribution in [0.25, 0.3) is 0 Å². The fourth-order valence-corrected chi connectivity index (χ4v) is 3.80. The van der Waals surface area contributed by atoms with Gasteiger partial charge in [-0.05, 0) is 13.8 Å². The summed E-state index contributed by atoms with van der Waals surface area (Å²) in [6.45, 7) is 9.46. The summed E-state index contributed by atoms with van der Waals surface area (Å²) in [6.07, 6.45) is 0.0835. The van der Waals surface area contributed by atoms with Gasteiger partial charge in [0, 0.05) is 45.3 Å². The van der Waals surface area contributed by atoms with Gasteiger partial charge < -0.3 is 10.1 Å². The SMILES string of the molecule is CC(C)OCCS(=O)(=O)N1CC(N2CCNCC2)C1. The van der Waals surface area contributed by atoms with E-state index in [-0.39, 0.29) is 18.5 Å². The summed E-state index contributed by atoms with van der Waals surface area (Å²) in [5, 5.41) is 3.31. The van der Waals surface area contributed by atoms with Crippen molar-refractivity contribution in [2.45, 2.75) is 26.0 Å². The van der Waals surface area contributed by atoms with Crippen molar-refractivity contribution in [2.75, 3.05) is 51.6 Å². The van der Waals surface area contributed by atoms with Crippen molar-refractivity contribution in [3.05, 3.63) is 0 Å². The Morgan fingerprint density at radius 3 is 2.47 bits per heavy atom. The van der Waals surface area contributed by atoms with Gasteiger partial charge in [-0.25, -0.2) is 8.42 Å². The molecule has 19 heavy (non-hydrogen) atoms. The maximum absolute atomic E-state index is 12.0. The number of sulfonamides is 1. The predicted octanol–water partition coefficient (Wildman–Crippen LogP) is -0.669. The fraction of sp³-hybridized carbons (Fsp3) is 1.00. The average molecular weight is 291 g/mol. The molecule has 2 saturated heterocycles. The van der Waals surface area contributed by atoms with E-state index in [1.165, 1.54) is 0 Å². The highest BCUT2D eigenvalue weighted by Crippen LogP contribution is 2.19. The molecule has 7 heteroatoms. The molecule has 0 bridgehead atoms. The molecular weight excluding hydrogens is 266 g/mol. The zero-order valence-corrected chi connectivity index (χ0v) is 12.7. The lowest BCUT2D eigenvalue weighted by Gasteiger charge is -2.45. The van der Waals surface area contributed by atoms with Crippen molar-refractivity contribution in [1.82, 2.24) is 14.5 Å². The fourth-order valence-electron chi connectivity index (χ4n) is 2.44. The Balaban J connectivity index is 1.72. The second-order valence-electron chi connectivity index (χ2n) is 5.49. The molecule has 2 aliphatic heterocycles. The van der Waals surface area contributed by atoms with Gasteiger partial charge in [0.15, 0.2) is 0 Å². The summed E-state index contributed by atoms with van der Waals surface area (Å²) in [5.74, 6) is 0.0967. The van der Waals surface area contributed by atoms with Crippen LogP contribution in [0, 0.1) is 0 Å². The smallest absolute Gasteiger partial charge is 0.216 e. The van der Waals surface area contributed by atoms with E-state index in [0.29, 0.717) is 19.1 Å². The number of nitrogens with one attached hydrogen (secondary N) is 1. The largest absolute Gasteiger partial charge is 0.378 e. The summed E-state index contributed by atoms with van der Waals surface area (Å²) in [4.78, 5) is 2.38. The van der Waals surface area contributed by atoms with E-state index in [0.717, 1.165) is 26.2 Å². The molecule has 2 aliphatic rings. The van der Waals surface area contributed by atoms with Gasteiger partial charge in [-0.2, -0.15) is 4.31 Å². The molecule has 0 aliphatic carbocycles. The topological polar surface area (TPSA) is 61.9 Å². The minimum atomic E-state index is -3.12. The summed E-state index contributed by atoms with van der Waals surface area (Å²) in [6, 6.07) is 0.405. The first-order valence-electron chi connectivity index (χ1n) is 7.03. The van der Waals surface area contributed by atoms with Crippen LogP contribution in [0.2, 0.25) is 0 Å². The van der Waals surface area contributed by atoms with Crippen molar-refractivity contribution in [3.63, 3.8) is 0 Å². The molecule has 0 saturated carbocycles. The van der Waals surface area contributed by atoms with Gasteiger partial charge in [0.2, 0.25) is 10.0 Å². The molecule has 2 fully saturated rings. The van der Waals surface area contributed by atoms with E-state index in [1.807, 2.05) is 13.8 Å². The van der Waals surface area contributed by atoms with Gasteiger partial charge in [0.25, 0.3) is 0 Å². The third kappa shape index (κ3) is 4.13. The molecule has 2 rings (SSSR count). The maximum atomic E-state index is 12.0. The molecule has 0 amide bonds. The van der Waals surface area contributed by atoms with Crippen molar-refractivity contribution in [1.29, 1.82) is 0 Å². The van der Waals surface area contributed by atoms with Gasteiger partial charge in [0.05, 0.1) is 18.5 Å². The maximum Gasteiger partial charge on any atom is 0.216 e. The van der Waals surface area contributed by atoms with Gasteiger partial charge in [-0.15, -0.1) is 0 Å². The molecule has 112 valence electrons. The highest BCUT2D eigenvalue weighted by atomic mass is 32.2. The van der Waals surface area contributed by atoms with Crippen LogP contribution < -0.4 is 5.32 Å². The Morgan fingerprint density at radius 2 is 1.89 bits per heavy atom. The molecule has 0 radical (unpaired) electrons. The summed E-state index contributed by atoms with van der Waals surface area (Å²) < 4.78 is 31.0. The number of ether oxygens (including phenoxy) is 1. The van der Waals surface area contributed by atoms with Crippen LogP contribution >= 0.6 is 0 Å². The minimum Gasteiger partial charge on any atom is -0.378 e. The van der Waals surface area contributed by atoms with Gasteiger partial charge in [-0.3, -0.25) is 4.90 Å². The van der Waals surface area contributed by atoms with E-state index < -0.39 is 10.0 Å². The zero-order valence-electron chi connectivity index (χ0n) is 11.8. The minimum absolute atomic E-state index is 0.0835. The molecule has 0 aromatic carbocycles. The predicted molar refractivity (Wildman–Crippen MR) is 74.7 cm³/mol. The Hall–Kier alpha value is -0.210. The van der Waals surface area contributed by atoms with Crippen LogP contribution in [0.5, 0.6) is 0 Å². The lowest BCUT2D eigenvalue weighted by molar-refractivity contribution is 0.0731. The van der Waals surface area contributed by atoms with E-state index >= 15 is 0 Å². The van der Waals surface area contributed by atoms with E-state index in [1.54, 1.807) is 4.31 Å². The van der Waals surface area contributed by atoms with E-state index in [4.69, 9.17) is 4.74 Å². The molecule has 1 N–H and O–H groups in total. The van der Waals surface area contributed by atoms with Gasteiger partial charge in [0.1, 0.15) is 0 Å². The molecule has 0 spiro atoms. The van der Waals surface area contributed by atoms with Gasteiger partial charge in [-0.1, -0.05) is 0 Å². The molecule has 0 aromatic rings. The zero-order chi connectivity index (χ0) is 13.9. The monoisotopic (exact) mass is 291 g/mol. The van der Waals surface area contributed by atoms with Crippen LogP contribution in [0.4, 0.5) is 0 Å². The second kappa shape index (κ2) is 6.49. The second-order valence-corrected chi connectivity index (χ2v) is 7.58. The first-order valence-corrected chi connectivity index (χ1v) is 8.64. The first kappa shape index (κ1) is 15.2. The first-order chi connectivity index (χ1) is 8.99. The molecule has 0 aromatic heterocycles. The number of hydrogen-bond acceptors (Lipinski definition) is 5. The van der Waals surface area contributed by atoms with Crippen molar-refractivity contribution >= 4 is 10.0 Å². The molecular formula is C12H25N3O3S. The summed E-state index contributed by atoms with van der Waals surface area (Å²) >= 11 is 0. The van der Waals surface area contributed by atoms with Crippen LogP contribution in [-0.2, 0) is 14.8 Å². The van der Waals surface area contributed by atoms with Crippen LogP contribution in [0.15, 0.2) is 0 Å². The normalized spacial score (nSPS) is 23.7. The quantitative estimate of drug-likeness (QED) is 0.703. The number of hydrogen-bond donors (Lipinski definition) is 1. The van der Waals surface area contributed by atoms with E-state index in [2.05, 4.69) is 10.2 Å². The Labute approximate surface area is 116 Å². The lowest BCUT2D eigenvalue weighted by atomic mass is 10.1. The Morgan fingerprint density at radius 1 is 1.26 bits per heavy atom. The third-order valence-electron chi connectivity index (χ3n) is 3.68. The van der Waals surface area contributed by atoms with Crippen LogP contribution in [-0.4, -0.2) is 81.4 Å². The molecule has 2 heterocycles. The number of rotatable bonds is 6. The average Bonchev–Trinajstić information content (AvgIpc) is 2.27. The third-order valence-corrected chi connectivity index (χ3v) is 5.45. The van der Waals surface area contributed by atoms with E-state index in [9.17, 15) is 8.42 Å². The Bertz CT molecular complexity index is 374. The summed E-state index contributed by atoms with van der Waals surface area (Å²) in [7, 11) is -3.12. The van der Waals surface area contributed by atoms with Gasteiger partial charge >= 0.3 is 0 Å². The number of piperazine rings is 1. The van der Waals surface area contributed by atoms with Crippen molar-refractivity contribution in [2.24, 2.45) is 0 Å². The number of nitrogens with zero attached hydrogens (tertiary/aromatic N) is 2. The standard InChI is InChI=1S/C12H25N3O3S/c1-11(2)18-7-8-19(16,17)15-9-12(10-15)14-5-3-13-4-6-14/h11-13H,3-10H2,1-2H3. The molecule has 0 unspecified atom stereocenters. The highest BCUT2D eigenvalue weighted by molar-refractivity contribution is 7.89. The van der Waals surface area contributed by atoms with Crippen molar-refractivity contribution in [3.8, 4) is 0 Å². The van der Waals surface area contributed by atoms with Crippen LogP contribution in [0.3, 0.4) is 0 Å². The Kier molecular flexibility index (Phi) is 5.19. The molecule has 0 atom stereocenters.